The number of benzene rings is 3. The molecular formula is C36H38O18. The first kappa shape index (κ1) is 39.0. The molecule has 54 heavy (non-hydrogen) atoms. The number of aryl methyl sites for hydroxylation is 1. The highest BCUT2D eigenvalue weighted by molar-refractivity contribution is 6.32. The molecule has 0 aromatic heterocycles. The summed E-state index contributed by atoms with van der Waals surface area (Å²) in [7, 11) is 1.21. The molecule has 0 bridgehead atoms. The predicted molar refractivity (Wildman–Crippen MR) is 179 cm³/mol. The lowest BCUT2D eigenvalue weighted by Crippen LogP contribution is -2.62. The summed E-state index contributed by atoms with van der Waals surface area (Å²) < 4.78 is 27.4. The minimum atomic E-state index is -1.96. The molecule has 0 amide bonds. The Balaban J connectivity index is 1.34. The Labute approximate surface area is 305 Å². The number of ketones is 3. The molecule has 10 unspecified atom stereocenters. The molecule has 1 aliphatic carbocycles. The average Bonchev–Trinajstić information content (AvgIpc) is 3.13. The first-order valence-electron chi connectivity index (χ1n) is 16.5. The third kappa shape index (κ3) is 6.35. The van der Waals surface area contributed by atoms with Gasteiger partial charge in [0.15, 0.2) is 17.9 Å². The van der Waals surface area contributed by atoms with Gasteiger partial charge in [-0.3, -0.25) is 14.4 Å². The lowest BCUT2D eigenvalue weighted by Gasteiger charge is -2.42. The summed E-state index contributed by atoms with van der Waals surface area (Å²) in [6.45, 7) is 1.18. The van der Waals surface area contributed by atoms with Crippen LogP contribution < -0.4 is 9.47 Å². The molecule has 0 radical (unpaired) electrons. The minimum absolute atomic E-state index is 0.136. The van der Waals surface area contributed by atoms with Crippen LogP contribution in [0.2, 0.25) is 0 Å². The van der Waals surface area contributed by atoms with Crippen molar-refractivity contribution in [3.8, 4) is 39.9 Å². The van der Waals surface area contributed by atoms with E-state index in [1.807, 2.05) is 0 Å². The van der Waals surface area contributed by atoms with E-state index in [0.29, 0.717) is 0 Å². The van der Waals surface area contributed by atoms with E-state index in [0.717, 1.165) is 19.1 Å². The number of Topliss-reactive ketones (excluding diaryl/α,β-unsaturated/α-hetero) is 1. The van der Waals surface area contributed by atoms with Gasteiger partial charge >= 0.3 is 0 Å². The van der Waals surface area contributed by atoms with Gasteiger partial charge in [0.25, 0.3) is 0 Å². The predicted octanol–water partition coefficient (Wildman–Crippen LogP) is -1.23. The van der Waals surface area contributed by atoms with Crippen LogP contribution in [-0.2, 0) is 14.2 Å². The molecule has 10 atom stereocenters. The van der Waals surface area contributed by atoms with Gasteiger partial charge in [-0.05, 0) is 31.5 Å². The fourth-order valence-electron chi connectivity index (χ4n) is 6.94. The highest BCUT2D eigenvalue weighted by atomic mass is 16.7. The van der Waals surface area contributed by atoms with Crippen LogP contribution in [0.25, 0.3) is 11.1 Å². The third-order valence-electron chi connectivity index (χ3n) is 9.71. The normalized spacial score (nSPS) is 29.4. The van der Waals surface area contributed by atoms with Crippen LogP contribution in [0.1, 0.15) is 54.7 Å². The van der Waals surface area contributed by atoms with E-state index in [1.165, 1.54) is 32.2 Å². The number of rotatable bonds is 9. The zero-order chi connectivity index (χ0) is 39.5. The Bertz CT molecular complexity index is 1990. The van der Waals surface area contributed by atoms with Gasteiger partial charge in [-0.15, -0.1) is 0 Å². The van der Waals surface area contributed by atoms with Gasteiger partial charge in [0.2, 0.25) is 12.1 Å². The van der Waals surface area contributed by atoms with Gasteiger partial charge in [-0.1, -0.05) is 12.1 Å². The number of methoxy groups -OCH3 is 1. The number of aliphatic hydroxyl groups excluding tert-OH is 7. The van der Waals surface area contributed by atoms with E-state index in [2.05, 4.69) is 0 Å². The standard InChI is InChI=1S/C36H38O18/c1-11-7-14(39)24-25(20(11)23-15(40)8-17(50-3)21(12(2)38)29(23)44)26(41)13-5-4-6-16(22(13)30(24)45)52-36-34(49)32(47)28(43)19(54-36)10-51-35-33(48)31(46)27(42)18(9-37)53-35/h4-8,18-19,27-28,31-37,39-40,42-44,46-49H,9-10H2,1-3H3. The maximum Gasteiger partial charge on any atom is 0.229 e. The van der Waals surface area contributed by atoms with Gasteiger partial charge in [-0.25, -0.2) is 0 Å². The Hall–Kier alpha value is -4.73. The summed E-state index contributed by atoms with van der Waals surface area (Å²) >= 11 is 0. The molecule has 290 valence electrons. The van der Waals surface area contributed by atoms with Gasteiger partial charge < -0.3 is 74.7 Å². The second kappa shape index (κ2) is 14.8. The van der Waals surface area contributed by atoms with E-state index < -0.39 is 126 Å². The van der Waals surface area contributed by atoms with Crippen LogP contribution in [0.5, 0.6) is 28.7 Å². The average molecular weight is 759 g/mol. The summed E-state index contributed by atoms with van der Waals surface area (Å²) in [6.07, 6.45) is -17.3. The molecule has 2 saturated heterocycles. The molecule has 0 saturated carbocycles. The van der Waals surface area contributed by atoms with Crippen molar-refractivity contribution in [2.45, 2.75) is 75.3 Å². The number of aromatic hydroxyl groups is 3. The van der Waals surface area contributed by atoms with Crippen molar-refractivity contribution < 1.29 is 89.1 Å². The SMILES string of the molecule is COc1cc(O)c(-c2c(C)cc(O)c3c2C(=O)c2cccc(OC4OC(COC5OC(CO)C(O)C(O)C5O)C(O)C(O)C4O)c2C3=O)c(O)c1C(C)=O. The smallest absolute Gasteiger partial charge is 0.229 e. The van der Waals surface area contributed by atoms with Crippen molar-refractivity contribution in [3.05, 3.63) is 63.7 Å². The van der Waals surface area contributed by atoms with Crippen LogP contribution in [0.3, 0.4) is 0 Å². The fraction of sp³-hybridized carbons (Fsp3) is 0.417. The second-order valence-electron chi connectivity index (χ2n) is 13.1. The fourth-order valence-corrected chi connectivity index (χ4v) is 6.94. The molecule has 2 aliphatic heterocycles. The highest BCUT2D eigenvalue weighted by Gasteiger charge is 2.48. The number of carbonyl (C=O) groups excluding carboxylic acids is 3. The summed E-state index contributed by atoms with van der Waals surface area (Å²) in [5, 5.41) is 105. The van der Waals surface area contributed by atoms with Crippen molar-refractivity contribution >= 4 is 17.3 Å². The van der Waals surface area contributed by atoms with Crippen LogP contribution in [-0.4, -0.2) is 150 Å². The molecule has 10 N–H and O–H groups in total. The van der Waals surface area contributed by atoms with Crippen molar-refractivity contribution in [1.82, 2.24) is 0 Å². The molecule has 2 heterocycles. The van der Waals surface area contributed by atoms with Crippen molar-refractivity contribution in [2.75, 3.05) is 20.3 Å². The van der Waals surface area contributed by atoms with Crippen LogP contribution >= 0.6 is 0 Å². The first-order valence-corrected chi connectivity index (χ1v) is 16.5. The number of aliphatic hydroxyl groups is 7. The summed E-state index contributed by atoms with van der Waals surface area (Å²) in [5.41, 5.74) is -2.36. The van der Waals surface area contributed by atoms with E-state index in [-0.39, 0.29) is 39.3 Å². The Morgan fingerprint density at radius 1 is 0.722 bits per heavy atom. The van der Waals surface area contributed by atoms with E-state index >= 15 is 0 Å². The lowest BCUT2D eigenvalue weighted by atomic mass is 9.77. The number of carbonyl (C=O) groups is 3. The number of ether oxygens (including phenoxy) is 5. The Morgan fingerprint density at radius 3 is 1.96 bits per heavy atom. The van der Waals surface area contributed by atoms with Gasteiger partial charge in [-0.2, -0.15) is 0 Å². The Morgan fingerprint density at radius 2 is 1.33 bits per heavy atom. The summed E-state index contributed by atoms with van der Waals surface area (Å²) in [4.78, 5) is 41.0. The topological polar surface area (TPSA) is 300 Å². The second-order valence-corrected chi connectivity index (χ2v) is 13.1. The monoisotopic (exact) mass is 758 g/mol. The summed E-state index contributed by atoms with van der Waals surface area (Å²) in [6, 6.07) is 5.99. The molecule has 0 spiro atoms. The van der Waals surface area contributed by atoms with Crippen molar-refractivity contribution in [1.29, 1.82) is 0 Å². The molecular weight excluding hydrogens is 720 g/mol. The Kier molecular flexibility index (Phi) is 10.7. The first-order chi connectivity index (χ1) is 25.5. The van der Waals surface area contributed by atoms with Crippen molar-refractivity contribution in [3.63, 3.8) is 0 Å². The number of phenolic OH excluding ortho intramolecular Hbond substituents is 3. The molecule has 3 aliphatic rings. The van der Waals surface area contributed by atoms with Gasteiger partial charge in [0, 0.05) is 22.8 Å². The zero-order valence-corrected chi connectivity index (χ0v) is 28.8. The lowest BCUT2D eigenvalue weighted by molar-refractivity contribution is -0.323. The van der Waals surface area contributed by atoms with Gasteiger partial charge in [0.05, 0.1) is 37.0 Å². The quantitative estimate of drug-likeness (QED) is 0.0894. The van der Waals surface area contributed by atoms with Gasteiger partial charge in [0.1, 0.15) is 83.1 Å². The van der Waals surface area contributed by atoms with E-state index in [1.54, 1.807) is 0 Å². The van der Waals surface area contributed by atoms with E-state index in [4.69, 9.17) is 23.7 Å². The molecule has 18 nitrogen and oxygen atoms in total. The maximum absolute atomic E-state index is 14.3. The van der Waals surface area contributed by atoms with Crippen LogP contribution in [0.4, 0.5) is 0 Å². The molecule has 6 rings (SSSR count). The molecule has 18 heteroatoms. The largest absolute Gasteiger partial charge is 0.507 e. The zero-order valence-electron chi connectivity index (χ0n) is 28.8. The highest BCUT2D eigenvalue weighted by Crippen LogP contribution is 2.50. The number of fused-ring (bicyclic) bond motifs is 2. The molecule has 2 fully saturated rings. The van der Waals surface area contributed by atoms with Crippen LogP contribution in [0.15, 0.2) is 30.3 Å². The van der Waals surface area contributed by atoms with Crippen molar-refractivity contribution in [2.24, 2.45) is 0 Å². The minimum Gasteiger partial charge on any atom is -0.507 e. The summed E-state index contributed by atoms with van der Waals surface area (Å²) in [5.74, 6) is -5.01. The maximum atomic E-state index is 14.3. The number of phenols is 3. The van der Waals surface area contributed by atoms with Crippen LogP contribution in [0, 0.1) is 6.92 Å². The number of hydrogen-bond acceptors (Lipinski definition) is 18. The van der Waals surface area contributed by atoms with E-state index in [9.17, 15) is 65.4 Å². The molecule has 3 aromatic rings. The molecule has 3 aromatic carbocycles. The third-order valence-corrected chi connectivity index (χ3v) is 9.71. The number of hydrogen-bond donors (Lipinski definition) is 10.